The van der Waals surface area contributed by atoms with E-state index in [1.54, 1.807) is 25.1 Å². The number of hydrogen-bond donors (Lipinski definition) is 1. The lowest BCUT2D eigenvalue weighted by Gasteiger charge is -2.34. The number of halogens is 2. The van der Waals surface area contributed by atoms with Crippen LogP contribution in [0.3, 0.4) is 0 Å². The summed E-state index contributed by atoms with van der Waals surface area (Å²) >= 11 is 12.5. The molecule has 0 aliphatic heterocycles. The third kappa shape index (κ3) is 8.38. The average molecular weight is 639 g/mol. The van der Waals surface area contributed by atoms with Gasteiger partial charge in [0.25, 0.3) is 10.0 Å². The van der Waals surface area contributed by atoms with Crippen molar-refractivity contribution < 1.29 is 18.0 Å². The molecule has 0 aliphatic carbocycles. The van der Waals surface area contributed by atoms with E-state index in [-0.39, 0.29) is 39.5 Å². The maximum absolute atomic E-state index is 14.4. The van der Waals surface area contributed by atoms with Gasteiger partial charge in [0, 0.05) is 29.6 Å². The minimum atomic E-state index is -4.24. The van der Waals surface area contributed by atoms with E-state index in [0.717, 1.165) is 21.0 Å². The first-order chi connectivity index (χ1) is 20.6. The molecule has 4 rings (SSSR count). The van der Waals surface area contributed by atoms with Gasteiger partial charge >= 0.3 is 0 Å². The van der Waals surface area contributed by atoms with E-state index in [0.29, 0.717) is 6.54 Å². The molecule has 10 heteroatoms. The van der Waals surface area contributed by atoms with Crippen molar-refractivity contribution in [2.24, 2.45) is 0 Å². The van der Waals surface area contributed by atoms with E-state index in [1.165, 1.54) is 35.2 Å². The predicted octanol–water partition coefficient (Wildman–Crippen LogP) is 6.27. The maximum atomic E-state index is 14.4. The third-order valence-electron chi connectivity index (χ3n) is 6.80. The van der Waals surface area contributed by atoms with Gasteiger partial charge in [-0.25, -0.2) is 8.42 Å². The molecule has 0 aromatic heterocycles. The summed E-state index contributed by atoms with van der Waals surface area (Å²) < 4.78 is 29.0. The molecule has 4 aromatic rings. The van der Waals surface area contributed by atoms with Gasteiger partial charge in [0.1, 0.15) is 12.6 Å². The lowest BCUT2D eigenvalue weighted by Crippen LogP contribution is -2.53. The molecule has 43 heavy (non-hydrogen) atoms. The number of anilines is 1. The summed E-state index contributed by atoms with van der Waals surface area (Å²) in [5.74, 6) is -0.903. The highest BCUT2D eigenvalue weighted by molar-refractivity contribution is 7.92. The van der Waals surface area contributed by atoms with Crippen LogP contribution in [0.15, 0.2) is 108 Å². The quantitative estimate of drug-likeness (QED) is 0.198. The summed E-state index contributed by atoms with van der Waals surface area (Å²) in [6.07, 6.45) is 0.235. The van der Waals surface area contributed by atoms with Crippen LogP contribution in [-0.4, -0.2) is 44.3 Å². The number of benzene rings is 4. The summed E-state index contributed by atoms with van der Waals surface area (Å²) in [6.45, 7) is 3.61. The fourth-order valence-electron chi connectivity index (χ4n) is 4.78. The molecule has 0 heterocycles. The molecule has 1 atom stereocenters. The molecule has 0 fully saturated rings. The van der Waals surface area contributed by atoms with Crippen molar-refractivity contribution in [3.8, 4) is 0 Å². The standard InChI is InChI=1S/C33H33Cl2N3O4S/c1-3-36-33(40)31(18-25-12-6-4-7-13-25)37(22-26-14-10-11-24(2)17-26)32(39)23-38(29-20-27(34)19-28(35)21-29)43(41,42)30-15-8-5-9-16-30/h4-17,19-21,31H,3,18,22-23H2,1-2H3,(H,36,40). The van der Waals surface area contributed by atoms with E-state index < -0.39 is 28.5 Å². The Morgan fingerprint density at radius 2 is 1.42 bits per heavy atom. The van der Waals surface area contributed by atoms with Crippen LogP contribution < -0.4 is 9.62 Å². The van der Waals surface area contributed by atoms with Crippen molar-refractivity contribution >= 4 is 50.7 Å². The second kappa shape index (κ2) is 14.6. The molecular formula is C33H33Cl2N3O4S. The summed E-state index contributed by atoms with van der Waals surface area (Å²) in [4.78, 5) is 29.4. The topological polar surface area (TPSA) is 86.8 Å². The number of aryl methyl sites for hydroxylation is 1. The number of nitrogens with one attached hydrogen (secondary N) is 1. The Morgan fingerprint density at radius 1 is 0.814 bits per heavy atom. The van der Waals surface area contributed by atoms with E-state index in [4.69, 9.17) is 23.2 Å². The summed E-state index contributed by atoms with van der Waals surface area (Å²) in [5, 5.41) is 3.28. The van der Waals surface area contributed by atoms with E-state index in [1.807, 2.05) is 61.5 Å². The number of nitrogens with zero attached hydrogens (tertiary/aromatic N) is 2. The van der Waals surface area contributed by atoms with E-state index >= 15 is 0 Å². The smallest absolute Gasteiger partial charge is 0.264 e. The molecule has 0 saturated carbocycles. The lowest BCUT2D eigenvalue weighted by atomic mass is 10.0. The van der Waals surface area contributed by atoms with Crippen LogP contribution >= 0.6 is 23.2 Å². The van der Waals surface area contributed by atoms with E-state index in [9.17, 15) is 18.0 Å². The minimum absolute atomic E-state index is 0.00584. The van der Waals surface area contributed by atoms with Gasteiger partial charge in [-0.05, 0) is 55.3 Å². The highest BCUT2D eigenvalue weighted by Gasteiger charge is 2.34. The third-order valence-corrected chi connectivity index (χ3v) is 9.03. The number of rotatable bonds is 12. The molecule has 1 unspecified atom stereocenters. The van der Waals surface area contributed by atoms with Crippen LogP contribution in [-0.2, 0) is 32.6 Å². The summed E-state index contributed by atoms with van der Waals surface area (Å²) in [5.41, 5.74) is 2.78. The summed E-state index contributed by atoms with van der Waals surface area (Å²) in [6, 6.07) is 28.3. The molecule has 0 radical (unpaired) electrons. The first-order valence-electron chi connectivity index (χ1n) is 13.8. The highest BCUT2D eigenvalue weighted by atomic mass is 35.5. The van der Waals surface area contributed by atoms with Crippen LogP contribution in [0, 0.1) is 6.92 Å². The molecule has 1 N–H and O–H groups in total. The Bertz CT molecular complexity index is 1650. The molecular weight excluding hydrogens is 605 g/mol. The van der Waals surface area contributed by atoms with Gasteiger partial charge in [-0.1, -0.05) is 102 Å². The van der Waals surface area contributed by atoms with Crippen molar-refractivity contribution in [1.82, 2.24) is 10.2 Å². The molecule has 224 valence electrons. The molecule has 0 bridgehead atoms. The zero-order chi connectivity index (χ0) is 31.0. The first kappa shape index (κ1) is 32.1. The Balaban J connectivity index is 1.81. The molecule has 7 nitrogen and oxygen atoms in total. The van der Waals surface area contributed by atoms with Crippen molar-refractivity contribution in [3.05, 3.63) is 130 Å². The Kier molecular flexibility index (Phi) is 10.9. The van der Waals surface area contributed by atoms with Crippen molar-refractivity contribution in [2.45, 2.75) is 37.8 Å². The number of likely N-dealkylation sites (N-methyl/N-ethyl adjacent to an activating group) is 1. The SMILES string of the molecule is CCNC(=O)C(Cc1ccccc1)N(Cc1cccc(C)c1)C(=O)CN(c1cc(Cl)cc(Cl)c1)S(=O)(=O)c1ccccc1. The van der Waals surface area contributed by atoms with Crippen LogP contribution in [0.2, 0.25) is 10.0 Å². The molecule has 0 saturated heterocycles. The molecule has 0 spiro atoms. The van der Waals surface area contributed by atoms with Crippen LogP contribution in [0.5, 0.6) is 0 Å². The minimum Gasteiger partial charge on any atom is -0.355 e. The highest BCUT2D eigenvalue weighted by Crippen LogP contribution is 2.30. The fraction of sp³-hybridized carbons (Fsp3) is 0.212. The van der Waals surface area contributed by atoms with E-state index in [2.05, 4.69) is 5.32 Å². The second-order valence-corrected chi connectivity index (χ2v) is 12.8. The average Bonchev–Trinajstić information content (AvgIpc) is 2.98. The monoisotopic (exact) mass is 637 g/mol. The van der Waals surface area contributed by atoms with Crippen LogP contribution in [0.1, 0.15) is 23.6 Å². The zero-order valence-electron chi connectivity index (χ0n) is 23.9. The van der Waals surface area contributed by atoms with Gasteiger partial charge in [-0.2, -0.15) is 0 Å². The van der Waals surface area contributed by atoms with Crippen molar-refractivity contribution in [2.75, 3.05) is 17.4 Å². The molecule has 2 amide bonds. The zero-order valence-corrected chi connectivity index (χ0v) is 26.2. The molecule has 4 aromatic carbocycles. The van der Waals surface area contributed by atoms with Gasteiger partial charge in [-0.3, -0.25) is 13.9 Å². The van der Waals surface area contributed by atoms with Crippen molar-refractivity contribution in [1.29, 1.82) is 0 Å². The van der Waals surface area contributed by atoms with Gasteiger partial charge in [0.05, 0.1) is 10.6 Å². The fourth-order valence-corrected chi connectivity index (χ4v) is 6.72. The normalized spacial score (nSPS) is 11.9. The number of carbonyl (C=O) groups excluding carboxylic acids is 2. The van der Waals surface area contributed by atoms with Crippen LogP contribution in [0.4, 0.5) is 5.69 Å². The largest absolute Gasteiger partial charge is 0.355 e. The number of hydrogen-bond acceptors (Lipinski definition) is 4. The van der Waals surface area contributed by atoms with Crippen molar-refractivity contribution in [3.63, 3.8) is 0 Å². The van der Waals surface area contributed by atoms with Gasteiger partial charge in [-0.15, -0.1) is 0 Å². The Labute approximate surface area is 263 Å². The maximum Gasteiger partial charge on any atom is 0.264 e. The molecule has 0 aliphatic rings. The number of carbonyl (C=O) groups is 2. The van der Waals surface area contributed by atoms with Crippen LogP contribution in [0.25, 0.3) is 0 Å². The number of amides is 2. The lowest BCUT2D eigenvalue weighted by molar-refractivity contribution is -0.140. The summed E-state index contributed by atoms with van der Waals surface area (Å²) in [7, 11) is -4.24. The first-order valence-corrected chi connectivity index (χ1v) is 16.0. The predicted molar refractivity (Wildman–Crippen MR) is 172 cm³/mol. The van der Waals surface area contributed by atoms with Gasteiger partial charge < -0.3 is 10.2 Å². The van der Waals surface area contributed by atoms with Gasteiger partial charge in [0.2, 0.25) is 11.8 Å². The Morgan fingerprint density at radius 3 is 2.02 bits per heavy atom. The van der Waals surface area contributed by atoms with Gasteiger partial charge in [0.15, 0.2) is 0 Å². The Hall–Kier alpha value is -3.85. The number of sulfonamides is 1. The second-order valence-electron chi connectivity index (χ2n) is 10.1.